The highest BCUT2D eigenvalue weighted by Gasteiger charge is 2.47. The maximum absolute atomic E-state index is 13.2. The Hall–Kier alpha value is -4.06. The first-order valence-electron chi connectivity index (χ1n) is 10.1. The van der Waals surface area contributed by atoms with E-state index in [2.05, 4.69) is 0 Å². The standard InChI is InChI=1S/C26H23NO5/c1-15-11-16(2)13-19(12-15)27-23(17-7-9-20(28)10-8-17)22(25(30)26(27)31)24(29)18-5-4-6-21(14-18)32-3/h4-14,23,28-29H,1-3H3/b24-22+. The van der Waals surface area contributed by atoms with Gasteiger partial charge >= 0.3 is 0 Å². The number of phenolic OH excluding ortho intramolecular Hbond substituents is 1. The van der Waals surface area contributed by atoms with Crippen molar-refractivity contribution in [2.24, 2.45) is 0 Å². The molecule has 0 radical (unpaired) electrons. The molecule has 0 spiro atoms. The molecule has 1 fully saturated rings. The van der Waals surface area contributed by atoms with Crippen LogP contribution in [0.15, 0.2) is 72.3 Å². The quantitative estimate of drug-likeness (QED) is 0.358. The number of carbonyl (C=O) groups excluding carboxylic acids is 2. The predicted octanol–water partition coefficient (Wildman–Crippen LogP) is 4.64. The summed E-state index contributed by atoms with van der Waals surface area (Å²) in [6.07, 6.45) is 0. The van der Waals surface area contributed by atoms with Crippen molar-refractivity contribution in [3.63, 3.8) is 0 Å². The monoisotopic (exact) mass is 429 g/mol. The highest BCUT2D eigenvalue weighted by molar-refractivity contribution is 6.51. The Bertz CT molecular complexity index is 1220. The lowest BCUT2D eigenvalue weighted by Crippen LogP contribution is -2.29. The second-order valence-electron chi connectivity index (χ2n) is 7.84. The van der Waals surface area contributed by atoms with Crippen LogP contribution in [0.5, 0.6) is 11.5 Å². The molecule has 162 valence electrons. The first-order valence-corrected chi connectivity index (χ1v) is 10.1. The van der Waals surface area contributed by atoms with Crippen LogP contribution in [-0.4, -0.2) is 29.0 Å². The van der Waals surface area contributed by atoms with Crippen molar-refractivity contribution in [3.05, 3.63) is 94.6 Å². The Morgan fingerprint density at radius 1 is 0.938 bits per heavy atom. The number of aromatic hydroxyl groups is 1. The third-order valence-electron chi connectivity index (χ3n) is 5.48. The van der Waals surface area contributed by atoms with Gasteiger partial charge in [0.05, 0.1) is 18.7 Å². The molecule has 6 heteroatoms. The Morgan fingerprint density at radius 3 is 2.22 bits per heavy atom. The number of anilines is 1. The summed E-state index contributed by atoms with van der Waals surface area (Å²) in [5, 5.41) is 20.9. The van der Waals surface area contributed by atoms with Gasteiger partial charge in [-0.25, -0.2) is 0 Å². The van der Waals surface area contributed by atoms with E-state index in [9.17, 15) is 19.8 Å². The minimum absolute atomic E-state index is 0.0203. The molecule has 1 heterocycles. The highest BCUT2D eigenvalue weighted by atomic mass is 16.5. The molecule has 6 nitrogen and oxygen atoms in total. The summed E-state index contributed by atoms with van der Waals surface area (Å²) in [4.78, 5) is 27.8. The van der Waals surface area contributed by atoms with Gasteiger partial charge in [0.25, 0.3) is 11.7 Å². The van der Waals surface area contributed by atoms with Crippen LogP contribution in [0.1, 0.15) is 28.3 Å². The summed E-state index contributed by atoms with van der Waals surface area (Å²) in [5.41, 5.74) is 3.39. The highest BCUT2D eigenvalue weighted by Crippen LogP contribution is 2.43. The molecule has 1 atom stereocenters. The smallest absolute Gasteiger partial charge is 0.300 e. The lowest BCUT2D eigenvalue weighted by atomic mass is 9.95. The van der Waals surface area contributed by atoms with E-state index in [1.165, 1.54) is 24.1 Å². The molecule has 0 aromatic heterocycles. The molecular weight excluding hydrogens is 406 g/mol. The van der Waals surface area contributed by atoms with Crippen LogP contribution in [0.25, 0.3) is 5.76 Å². The number of benzene rings is 3. The van der Waals surface area contributed by atoms with Crippen LogP contribution in [0.4, 0.5) is 5.69 Å². The van der Waals surface area contributed by atoms with Gasteiger partial charge in [-0.05, 0) is 66.9 Å². The lowest BCUT2D eigenvalue weighted by Gasteiger charge is -2.26. The summed E-state index contributed by atoms with van der Waals surface area (Å²) in [6, 6.07) is 17.7. The summed E-state index contributed by atoms with van der Waals surface area (Å²) in [6.45, 7) is 3.83. The summed E-state index contributed by atoms with van der Waals surface area (Å²) < 4.78 is 5.23. The van der Waals surface area contributed by atoms with Crippen LogP contribution in [0, 0.1) is 13.8 Å². The summed E-state index contributed by atoms with van der Waals surface area (Å²) in [7, 11) is 1.51. The second-order valence-corrected chi connectivity index (χ2v) is 7.84. The molecule has 0 saturated carbocycles. The first kappa shape index (κ1) is 21.2. The maximum atomic E-state index is 13.2. The van der Waals surface area contributed by atoms with Crippen molar-refractivity contribution in [2.45, 2.75) is 19.9 Å². The van der Waals surface area contributed by atoms with Gasteiger partial charge < -0.3 is 14.9 Å². The minimum Gasteiger partial charge on any atom is -0.508 e. The zero-order valence-corrected chi connectivity index (χ0v) is 18.0. The normalized spacial score (nSPS) is 17.6. The first-order chi connectivity index (χ1) is 15.3. The van der Waals surface area contributed by atoms with Gasteiger partial charge in [0.2, 0.25) is 0 Å². The number of carbonyl (C=O) groups is 2. The fraction of sp³-hybridized carbons (Fsp3) is 0.154. The van der Waals surface area contributed by atoms with E-state index in [0.29, 0.717) is 22.6 Å². The van der Waals surface area contributed by atoms with E-state index in [-0.39, 0.29) is 17.1 Å². The Labute approximate surface area is 186 Å². The van der Waals surface area contributed by atoms with E-state index >= 15 is 0 Å². The number of ether oxygens (including phenoxy) is 1. The van der Waals surface area contributed by atoms with Gasteiger partial charge in [0, 0.05) is 11.3 Å². The van der Waals surface area contributed by atoms with Gasteiger partial charge in [0.1, 0.15) is 17.3 Å². The van der Waals surface area contributed by atoms with E-state index in [4.69, 9.17) is 4.74 Å². The maximum Gasteiger partial charge on any atom is 0.300 e. The van der Waals surface area contributed by atoms with Gasteiger partial charge in [-0.1, -0.05) is 30.3 Å². The minimum atomic E-state index is -0.858. The van der Waals surface area contributed by atoms with Crippen molar-refractivity contribution >= 4 is 23.1 Å². The molecule has 1 saturated heterocycles. The van der Waals surface area contributed by atoms with Crippen LogP contribution in [0.2, 0.25) is 0 Å². The average molecular weight is 429 g/mol. The molecule has 32 heavy (non-hydrogen) atoms. The number of ketones is 1. The largest absolute Gasteiger partial charge is 0.508 e. The van der Waals surface area contributed by atoms with Crippen LogP contribution in [0.3, 0.4) is 0 Å². The Morgan fingerprint density at radius 2 is 1.59 bits per heavy atom. The number of amides is 1. The van der Waals surface area contributed by atoms with Crippen molar-refractivity contribution in [1.82, 2.24) is 0 Å². The predicted molar refractivity (Wildman–Crippen MR) is 122 cm³/mol. The third kappa shape index (κ3) is 3.71. The second kappa shape index (κ2) is 8.23. The zero-order chi connectivity index (χ0) is 23.0. The number of nitrogens with zero attached hydrogens (tertiary/aromatic N) is 1. The average Bonchev–Trinajstić information content (AvgIpc) is 3.04. The third-order valence-corrected chi connectivity index (χ3v) is 5.48. The lowest BCUT2D eigenvalue weighted by molar-refractivity contribution is -0.132. The molecule has 0 bridgehead atoms. The SMILES string of the molecule is COc1cccc(/C(O)=C2\C(=O)C(=O)N(c3cc(C)cc(C)c3)C2c2ccc(O)cc2)c1. The van der Waals surface area contributed by atoms with Crippen molar-refractivity contribution in [2.75, 3.05) is 12.0 Å². The molecule has 1 aliphatic rings. The van der Waals surface area contributed by atoms with Gasteiger partial charge in [-0.15, -0.1) is 0 Å². The fourth-order valence-corrected chi connectivity index (χ4v) is 4.09. The van der Waals surface area contributed by atoms with Crippen LogP contribution in [-0.2, 0) is 9.59 Å². The van der Waals surface area contributed by atoms with Crippen molar-refractivity contribution < 1.29 is 24.5 Å². The topological polar surface area (TPSA) is 87.1 Å². The number of hydrogen-bond donors (Lipinski definition) is 2. The van der Waals surface area contributed by atoms with E-state index in [1.807, 2.05) is 32.0 Å². The number of phenols is 1. The van der Waals surface area contributed by atoms with Crippen LogP contribution >= 0.6 is 0 Å². The Balaban J connectivity index is 1.96. The van der Waals surface area contributed by atoms with E-state index in [1.54, 1.807) is 36.4 Å². The molecule has 4 rings (SSSR count). The molecule has 1 amide bonds. The number of hydrogen-bond acceptors (Lipinski definition) is 5. The van der Waals surface area contributed by atoms with E-state index < -0.39 is 17.7 Å². The number of rotatable bonds is 4. The molecule has 1 unspecified atom stereocenters. The number of Topliss-reactive ketones (excluding diaryl/α,β-unsaturated/α-hetero) is 1. The van der Waals surface area contributed by atoms with Crippen molar-refractivity contribution in [3.8, 4) is 11.5 Å². The molecule has 2 N–H and O–H groups in total. The zero-order valence-electron chi connectivity index (χ0n) is 18.0. The molecule has 1 aliphatic heterocycles. The molecule has 3 aromatic rings. The summed E-state index contributed by atoms with van der Waals surface area (Å²) >= 11 is 0. The summed E-state index contributed by atoms with van der Waals surface area (Å²) in [5.74, 6) is -1.21. The van der Waals surface area contributed by atoms with Crippen molar-refractivity contribution in [1.29, 1.82) is 0 Å². The molecular formula is C26H23NO5. The molecule has 3 aromatic carbocycles. The van der Waals surface area contributed by atoms with Gasteiger partial charge in [0.15, 0.2) is 0 Å². The number of methoxy groups -OCH3 is 1. The number of aliphatic hydroxyl groups excluding tert-OH is 1. The number of aliphatic hydroxyl groups is 1. The fourth-order valence-electron chi connectivity index (χ4n) is 4.09. The molecule has 0 aliphatic carbocycles. The van der Waals surface area contributed by atoms with Gasteiger partial charge in [-0.2, -0.15) is 0 Å². The van der Waals surface area contributed by atoms with Crippen LogP contribution < -0.4 is 9.64 Å². The Kier molecular flexibility index (Phi) is 5.45. The van der Waals surface area contributed by atoms with Gasteiger partial charge in [-0.3, -0.25) is 14.5 Å². The number of aryl methyl sites for hydroxylation is 2. The van der Waals surface area contributed by atoms with E-state index in [0.717, 1.165) is 11.1 Å².